The van der Waals surface area contributed by atoms with E-state index in [1.54, 1.807) is 21.9 Å². The van der Waals surface area contributed by atoms with Crippen LogP contribution in [0.1, 0.15) is 25.8 Å². The Labute approximate surface area is 123 Å². The Morgan fingerprint density at radius 3 is 2.71 bits per heavy atom. The van der Waals surface area contributed by atoms with Crippen molar-refractivity contribution < 1.29 is 14.0 Å². The van der Waals surface area contributed by atoms with E-state index < -0.39 is 5.41 Å². The highest BCUT2D eigenvalue weighted by atomic mass is 19.1. The molecule has 112 valence electrons. The predicted octanol–water partition coefficient (Wildman–Crippen LogP) is 1.97. The minimum atomic E-state index is -0.570. The summed E-state index contributed by atoms with van der Waals surface area (Å²) in [6.45, 7) is 5.00. The van der Waals surface area contributed by atoms with E-state index in [1.165, 1.54) is 13.0 Å². The molecule has 0 N–H and O–H groups in total. The highest BCUT2D eigenvalue weighted by Crippen LogP contribution is 2.37. The van der Waals surface area contributed by atoms with Gasteiger partial charge in [-0.25, -0.2) is 4.39 Å². The van der Waals surface area contributed by atoms with Crippen LogP contribution in [-0.2, 0) is 16.0 Å². The van der Waals surface area contributed by atoms with Crippen LogP contribution in [-0.4, -0.2) is 36.3 Å². The van der Waals surface area contributed by atoms with Gasteiger partial charge in [0.25, 0.3) is 0 Å². The predicted molar refractivity (Wildman–Crippen MR) is 77.4 cm³/mol. The van der Waals surface area contributed by atoms with E-state index in [4.69, 9.17) is 0 Å². The van der Waals surface area contributed by atoms with E-state index in [0.29, 0.717) is 43.7 Å². The molecular formula is C16H19FN2O2. The summed E-state index contributed by atoms with van der Waals surface area (Å²) in [7, 11) is 0. The topological polar surface area (TPSA) is 40.6 Å². The van der Waals surface area contributed by atoms with E-state index in [1.807, 2.05) is 6.92 Å². The Kier molecular flexibility index (Phi) is 3.23. The quantitative estimate of drug-likeness (QED) is 0.793. The third-order valence-electron chi connectivity index (χ3n) is 4.65. The lowest BCUT2D eigenvalue weighted by atomic mass is 9.88. The number of benzene rings is 1. The molecule has 2 amide bonds. The molecule has 21 heavy (non-hydrogen) atoms. The molecule has 1 aromatic rings. The van der Waals surface area contributed by atoms with Crippen LogP contribution in [0.3, 0.4) is 0 Å². The summed E-state index contributed by atoms with van der Waals surface area (Å²) in [6.07, 6.45) is 1.22. The van der Waals surface area contributed by atoms with Crippen molar-refractivity contribution in [3.05, 3.63) is 29.6 Å². The van der Waals surface area contributed by atoms with Crippen molar-refractivity contribution >= 4 is 17.5 Å². The fraction of sp³-hybridized carbons (Fsp3) is 0.500. The Bertz CT molecular complexity index is 616. The molecule has 0 radical (unpaired) electrons. The minimum absolute atomic E-state index is 0.000563. The normalized spacial score (nSPS) is 24.3. The number of fused-ring (bicyclic) bond motifs is 1. The van der Waals surface area contributed by atoms with Gasteiger partial charge in [0.2, 0.25) is 11.8 Å². The zero-order valence-corrected chi connectivity index (χ0v) is 12.4. The average molecular weight is 290 g/mol. The molecule has 0 aromatic heterocycles. The largest absolute Gasteiger partial charge is 0.342 e. The third-order valence-corrected chi connectivity index (χ3v) is 4.65. The average Bonchev–Trinajstić information content (AvgIpc) is 3.04. The first kappa shape index (κ1) is 14.0. The first-order valence-corrected chi connectivity index (χ1v) is 7.27. The summed E-state index contributed by atoms with van der Waals surface area (Å²) in [5, 5.41) is 0. The van der Waals surface area contributed by atoms with Gasteiger partial charge in [0.05, 0.1) is 5.41 Å². The molecule has 4 nitrogen and oxygen atoms in total. The molecule has 0 bridgehead atoms. The van der Waals surface area contributed by atoms with Crippen molar-refractivity contribution in [1.29, 1.82) is 0 Å². The second kappa shape index (κ2) is 4.83. The zero-order valence-electron chi connectivity index (χ0n) is 12.4. The molecule has 1 fully saturated rings. The van der Waals surface area contributed by atoms with Crippen LogP contribution in [0.25, 0.3) is 0 Å². The van der Waals surface area contributed by atoms with Gasteiger partial charge in [-0.2, -0.15) is 0 Å². The Balaban J connectivity index is 1.85. The fourth-order valence-electron chi connectivity index (χ4n) is 3.33. The molecule has 2 heterocycles. The molecule has 5 heteroatoms. The van der Waals surface area contributed by atoms with Crippen LogP contribution in [0.5, 0.6) is 0 Å². The van der Waals surface area contributed by atoms with Crippen molar-refractivity contribution in [2.75, 3.05) is 24.5 Å². The maximum Gasteiger partial charge on any atom is 0.234 e. The number of nitrogens with zero attached hydrogens (tertiary/aromatic N) is 2. The molecular weight excluding hydrogens is 271 g/mol. The van der Waals surface area contributed by atoms with Gasteiger partial charge in [-0.1, -0.05) is 6.07 Å². The number of anilines is 1. The van der Waals surface area contributed by atoms with Gasteiger partial charge in [0, 0.05) is 37.8 Å². The maximum atomic E-state index is 13.8. The fourth-order valence-corrected chi connectivity index (χ4v) is 3.33. The number of carbonyl (C=O) groups excluding carboxylic acids is 2. The van der Waals surface area contributed by atoms with Crippen LogP contribution in [0.4, 0.5) is 10.1 Å². The van der Waals surface area contributed by atoms with Gasteiger partial charge in [-0.05, 0) is 31.9 Å². The highest BCUT2D eigenvalue weighted by molar-refractivity contribution is 6.00. The van der Waals surface area contributed by atoms with Gasteiger partial charge < -0.3 is 9.80 Å². The summed E-state index contributed by atoms with van der Waals surface area (Å²) in [5.74, 6) is -0.250. The minimum Gasteiger partial charge on any atom is -0.342 e. The SMILES string of the molecule is CC(=O)N1CCC(C)(C(=O)N2CCc3c(F)cccc32)C1. The van der Waals surface area contributed by atoms with Crippen molar-refractivity contribution in [1.82, 2.24) is 4.90 Å². The van der Waals surface area contributed by atoms with E-state index in [2.05, 4.69) is 0 Å². The number of hydrogen-bond donors (Lipinski definition) is 0. The lowest BCUT2D eigenvalue weighted by molar-refractivity contribution is -0.130. The molecule has 0 saturated carbocycles. The molecule has 1 aromatic carbocycles. The zero-order chi connectivity index (χ0) is 15.2. The molecule has 2 aliphatic rings. The van der Waals surface area contributed by atoms with Gasteiger partial charge >= 0.3 is 0 Å². The molecule has 1 saturated heterocycles. The Morgan fingerprint density at radius 2 is 2.05 bits per heavy atom. The number of hydrogen-bond acceptors (Lipinski definition) is 2. The number of halogens is 1. The molecule has 0 aliphatic carbocycles. The number of rotatable bonds is 1. The lowest BCUT2D eigenvalue weighted by Crippen LogP contribution is -2.43. The third kappa shape index (κ3) is 2.20. The van der Waals surface area contributed by atoms with Crippen molar-refractivity contribution in [3.63, 3.8) is 0 Å². The van der Waals surface area contributed by atoms with Crippen LogP contribution in [0.2, 0.25) is 0 Å². The molecule has 1 unspecified atom stereocenters. The lowest BCUT2D eigenvalue weighted by Gasteiger charge is -2.29. The van der Waals surface area contributed by atoms with Crippen LogP contribution < -0.4 is 4.90 Å². The number of carbonyl (C=O) groups is 2. The number of likely N-dealkylation sites (tertiary alicyclic amines) is 1. The van der Waals surface area contributed by atoms with Crippen LogP contribution >= 0.6 is 0 Å². The smallest absolute Gasteiger partial charge is 0.234 e. The summed E-state index contributed by atoms with van der Waals surface area (Å²) in [4.78, 5) is 27.7. The molecule has 3 rings (SSSR count). The highest BCUT2D eigenvalue weighted by Gasteiger charge is 2.45. The summed E-state index contributed by atoms with van der Waals surface area (Å²) in [6, 6.07) is 4.87. The van der Waals surface area contributed by atoms with Crippen LogP contribution in [0.15, 0.2) is 18.2 Å². The van der Waals surface area contributed by atoms with Gasteiger partial charge in [0.1, 0.15) is 5.82 Å². The van der Waals surface area contributed by atoms with Gasteiger partial charge in [-0.3, -0.25) is 9.59 Å². The molecule has 1 atom stereocenters. The maximum absolute atomic E-state index is 13.8. The van der Waals surface area contributed by atoms with Gasteiger partial charge in [0.15, 0.2) is 0 Å². The first-order valence-electron chi connectivity index (χ1n) is 7.27. The molecule has 0 spiro atoms. The summed E-state index contributed by atoms with van der Waals surface area (Å²) < 4.78 is 13.8. The second-order valence-electron chi connectivity index (χ2n) is 6.20. The van der Waals surface area contributed by atoms with E-state index in [9.17, 15) is 14.0 Å². The van der Waals surface area contributed by atoms with Crippen molar-refractivity contribution in [2.45, 2.75) is 26.7 Å². The van der Waals surface area contributed by atoms with Crippen molar-refractivity contribution in [2.24, 2.45) is 5.41 Å². The van der Waals surface area contributed by atoms with E-state index in [-0.39, 0.29) is 17.6 Å². The second-order valence-corrected chi connectivity index (χ2v) is 6.20. The van der Waals surface area contributed by atoms with E-state index in [0.717, 1.165) is 0 Å². The number of amides is 2. The summed E-state index contributed by atoms with van der Waals surface area (Å²) >= 11 is 0. The summed E-state index contributed by atoms with van der Waals surface area (Å²) in [5.41, 5.74) is 0.734. The Hall–Kier alpha value is -1.91. The van der Waals surface area contributed by atoms with Crippen molar-refractivity contribution in [3.8, 4) is 0 Å². The van der Waals surface area contributed by atoms with Gasteiger partial charge in [-0.15, -0.1) is 0 Å². The molecule has 2 aliphatic heterocycles. The Morgan fingerprint density at radius 1 is 1.29 bits per heavy atom. The standard InChI is InChI=1S/C16H19FN2O2/c1-11(20)18-9-7-16(2,10-18)15(21)19-8-6-12-13(17)4-3-5-14(12)19/h3-5H,6-10H2,1-2H3. The van der Waals surface area contributed by atoms with E-state index >= 15 is 0 Å². The van der Waals surface area contributed by atoms with Crippen LogP contribution in [0, 0.1) is 11.2 Å². The monoisotopic (exact) mass is 290 g/mol. The first-order chi connectivity index (χ1) is 9.92.